The molecule has 0 aliphatic heterocycles. The fourth-order valence-corrected chi connectivity index (χ4v) is 6.50. The molecule has 4 heteroatoms. The molecule has 5 aromatic carbocycles. The second kappa shape index (κ2) is 8.88. The summed E-state index contributed by atoms with van der Waals surface area (Å²) in [5.74, 6) is 0.892. The summed E-state index contributed by atoms with van der Waals surface area (Å²) >= 11 is 0. The highest BCUT2D eigenvalue weighted by Crippen LogP contribution is 2.39. The van der Waals surface area contributed by atoms with Crippen molar-refractivity contribution in [2.45, 2.75) is 0 Å². The van der Waals surface area contributed by atoms with Crippen molar-refractivity contribution >= 4 is 54.4 Å². The Labute approximate surface area is 241 Å². The van der Waals surface area contributed by atoms with Crippen molar-refractivity contribution in [1.29, 1.82) is 0 Å². The number of benzene rings is 5. The summed E-state index contributed by atoms with van der Waals surface area (Å²) in [7, 11) is 0. The Morgan fingerprint density at radius 2 is 1.10 bits per heavy atom. The van der Waals surface area contributed by atoms with Crippen molar-refractivity contribution in [3.05, 3.63) is 146 Å². The zero-order chi connectivity index (χ0) is 27.6. The van der Waals surface area contributed by atoms with Gasteiger partial charge < -0.3 is 4.57 Å². The van der Waals surface area contributed by atoms with Gasteiger partial charge >= 0.3 is 0 Å². The summed E-state index contributed by atoms with van der Waals surface area (Å²) < 4.78 is 4.67. The van der Waals surface area contributed by atoms with Crippen LogP contribution in [-0.2, 0) is 0 Å². The average Bonchev–Trinajstić information content (AvgIpc) is 3.55. The number of hydrogen-bond acceptors (Lipinski definition) is 2. The number of aromatic nitrogens is 4. The van der Waals surface area contributed by atoms with Gasteiger partial charge in [0.1, 0.15) is 5.82 Å². The Morgan fingerprint density at radius 3 is 1.79 bits per heavy atom. The van der Waals surface area contributed by atoms with E-state index < -0.39 is 0 Å². The maximum Gasteiger partial charge on any atom is 0.138 e. The highest BCUT2D eigenvalue weighted by atomic mass is 15.1. The van der Waals surface area contributed by atoms with E-state index in [1.54, 1.807) is 6.20 Å². The topological polar surface area (TPSA) is 35.6 Å². The Kier molecular flexibility index (Phi) is 4.87. The Balaban J connectivity index is 1.36. The van der Waals surface area contributed by atoms with Crippen LogP contribution in [0, 0.1) is 0 Å². The molecule has 196 valence electrons. The molecule has 0 bridgehead atoms. The van der Waals surface area contributed by atoms with Gasteiger partial charge in [0, 0.05) is 45.2 Å². The highest BCUT2D eigenvalue weighted by molar-refractivity contribution is 6.18. The smallest absolute Gasteiger partial charge is 0.138 e. The summed E-state index contributed by atoms with van der Waals surface area (Å²) in [4.78, 5) is 9.42. The second-order valence-electron chi connectivity index (χ2n) is 10.7. The van der Waals surface area contributed by atoms with Crippen LogP contribution < -0.4 is 0 Å². The zero-order valence-corrected chi connectivity index (χ0v) is 22.6. The normalized spacial score (nSPS) is 11.8. The first-order chi connectivity index (χ1) is 20.8. The monoisotopic (exact) mass is 536 g/mol. The fourth-order valence-electron chi connectivity index (χ4n) is 6.50. The van der Waals surface area contributed by atoms with Crippen molar-refractivity contribution in [3.63, 3.8) is 0 Å². The number of fused-ring (bicyclic) bond motifs is 7. The summed E-state index contributed by atoms with van der Waals surface area (Å²) in [6, 6.07) is 47.5. The molecular formula is C38H24N4. The van der Waals surface area contributed by atoms with Gasteiger partial charge in [-0.25, -0.2) is 4.98 Å². The molecule has 4 aromatic heterocycles. The van der Waals surface area contributed by atoms with Crippen LogP contribution in [-0.4, -0.2) is 19.1 Å². The van der Waals surface area contributed by atoms with Crippen LogP contribution in [0.1, 0.15) is 0 Å². The van der Waals surface area contributed by atoms with Crippen molar-refractivity contribution in [2.24, 2.45) is 0 Å². The van der Waals surface area contributed by atoms with E-state index in [1.807, 2.05) is 18.3 Å². The van der Waals surface area contributed by atoms with Gasteiger partial charge in [0.15, 0.2) is 0 Å². The maximum atomic E-state index is 5.11. The van der Waals surface area contributed by atoms with Crippen molar-refractivity contribution in [1.82, 2.24) is 19.1 Å². The van der Waals surface area contributed by atoms with E-state index >= 15 is 0 Å². The summed E-state index contributed by atoms with van der Waals surface area (Å²) in [5, 5.41) is 7.36. The van der Waals surface area contributed by atoms with E-state index in [0.717, 1.165) is 28.1 Å². The summed E-state index contributed by atoms with van der Waals surface area (Å²) in [5.41, 5.74) is 7.78. The number of hydrogen-bond donors (Lipinski definition) is 0. The van der Waals surface area contributed by atoms with Crippen molar-refractivity contribution in [3.8, 4) is 22.8 Å². The van der Waals surface area contributed by atoms with E-state index in [2.05, 4.69) is 135 Å². The molecular weight excluding hydrogens is 512 g/mol. The highest BCUT2D eigenvalue weighted by Gasteiger charge is 2.17. The molecule has 0 N–H and O–H groups in total. The van der Waals surface area contributed by atoms with E-state index in [-0.39, 0.29) is 0 Å². The lowest BCUT2D eigenvalue weighted by Crippen LogP contribution is -1.98. The van der Waals surface area contributed by atoms with Gasteiger partial charge in [-0.2, -0.15) is 0 Å². The van der Waals surface area contributed by atoms with Crippen LogP contribution in [0.4, 0.5) is 0 Å². The zero-order valence-electron chi connectivity index (χ0n) is 22.6. The van der Waals surface area contributed by atoms with Gasteiger partial charge in [-0.05, 0) is 83.6 Å². The van der Waals surface area contributed by atoms with Crippen LogP contribution in [0.2, 0.25) is 0 Å². The number of pyridine rings is 2. The van der Waals surface area contributed by atoms with Gasteiger partial charge in [0.25, 0.3) is 0 Å². The van der Waals surface area contributed by atoms with Crippen LogP contribution in [0.5, 0.6) is 0 Å². The number of nitrogens with zero attached hydrogens (tertiary/aromatic N) is 4. The SMILES string of the molecule is c1ccc(-n2c3ccccc3c3cc4cc5c(cc4cc32)c2ccccc2n5-c2cccc(-c3cccnc3)n2)cc1. The molecule has 0 amide bonds. The first-order valence-corrected chi connectivity index (χ1v) is 14.2. The molecule has 0 saturated heterocycles. The van der Waals surface area contributed by atoms with Crippen LogP contribution >= 0.6 is 0 Å². The third kappa shape index (κ3) is 3.36. The maximum absolute atomic E-state index is 5.11. The molecule has 0 saturated carbocycles. The molecule has 4 heterocycles. The van der Waals surface area contributed by atoms with Crippen molar-refractivity contribution in [2.75, 3.05) is 0 Å². The Morgan fingerprint density at radius 1 is 0.452 bits per heavy atom. The minimum atomic E-state index is 0.892. The van der Waals surface area contributed by atoms with E-state index in [0.29, 0.717) is 0 Å². The number of rotatable bonds is 3. The van der Waals surface area contributed by atoms with Gasteiger partial charge in [-0.3, -0.25) is 9.55 Å². The molecule has 0 spiro atoms. The predicted octanol–water partition coefficient (Wildman–Crippen LogP) is 9.49. The van der Waals surface area contributed by atoms with E-state index in [4.69, 9.17) is 4.98 Å². The molecule has 9 rings (SSSR count). The molecule has 9 aromatic rings. The Hall–Kier alpha value is -5.74. The Bertz CT molecular complexity index is 2450. The first kappa shape index (κ1) is 23.0. The van der Waals surface area contributed by atoms with Gasteiger partial charge in [0.2, 0.25) is 0 Å². The van der Waals surface area contributed by atoms with Gasteiger partial charge in [0.05, 0.1) is 27.8 Å². The third-order valence-corrected chi connectivity index (χ3v) is 8.36. The van der Waals surface area contributed by atoms with Gasteiger partial charge in [-0.1, -0.05) is 60.7 Å². The lowest BCUT2D eigenvalue weighted by Gasteiger charge is -2.10. The number of para-hydroxylation sites is 3. The second-order valence-corrected chi connectivity index (χ2v) is 10.7. The predicted molar refractivity (Wildman–Crippen MR) is 174 cm³/mol. The fraction of sp³-hybridized carbons (Fsp3) is 0. The quantitative estimate of drug-likeness (QED) is 0.225. The van der Waals surface area contributed by atoms with Crippen LogP contribution in [0.15, 0.2) is 146 Å². The van der Waals surface area contributed by atoms with E-state index in [1.165, 1.54) is 49.0 Å². The molecule has 0 unspecified atom stereocenters. The van der Waals surface area contributed by atoms with Crippen LogP contribution in [0.3, 0.4) is 0 Å². The summed E-state index contributed by atoms with van der Waals surface area (Å²) in [6.07, 6.45) is 3.66. The van der Waals surface area contributed by atoms with E-state index in [9.17, 15) is 0 Å². The third-order valence-electron chi connectivity index (χ3n) is 8.36. The minimum absolute atomic E-state index is 0.892. The lowest BCUT2D eigenvalue weighted by atomic mass is 10.0. The van der Waals surface area contributed by atoms with Gasteiger partial charge in [-0.15, -0.1) is 0 Å². The summed E-state index contributed by atoms with van der Waals surface area (Å²) in [6.45, 7) is 0. The molecule has 0 atom stereocenters. The lowest BCUT2D eigenvalue weighted by molar-refractivity contribution is 1.08. The molecule has 42 heavy (non-hydrogen) atoms. The standard InChI is InChI=1S/C38H24N4/c1-2-11-28(12-3-1)41-34-16-6-4-13-29(34)31-20-27-23-37-32(21-26(27)22-36(31)41)30-14-5-7-17-35(30)42(37)38-18-8-15-33(40-38)25-10-9-19-39-24-25/h1-24H. The largest absolute Gasteiger partial charge is 0.309 e. The minimum Gasteiger partial charge on any atom is -0.309 e. The molecule has 4 nitrogen and oxygen atoms in total. The van der Waals surface area contributed by atoms with Crippen molar-refractivity contribution < 1.29 is 0 Å². The molecule has 0 radical (unpaired) electrons. The molecule has 0 aliphatic carbocycles. The van der Waals surface area contributed by atoms with Crippen LogP contribution in [0.25, 0.3) is 77.1 Å². The average molecular weight is 537 g/mol. The molecule has 0 fully saturated rings. The molecule has 0 aliphatic rings. The first-order valence-electron chi connectivity index (χ1n) is 14.2.